The molecule has 0 nitrogen and oxygen atoms in total. The Morgan fingerprint density at radius 3 is 1.44 bits per heavy atom. The van der Waals surface area contributed by atoms with Crippen molar-refractivity contribution < 1.29 is 0 Å². The number of benzene rings is 1. The van der Waals surface area contributed by atoms with Crippen LogP contribution in [-0.4, -0.2) is 16.5 Å². The average Bonchev–Trinajstić information content (AvgIpc) is 2.14. The van der Waals surface area contributed by atoms with Crippen LogP contribution in [0.15, 0.2) is 18.2 Å². The van der Waals surface area contributed by atoms with E-state index in [0.717, 1.165) is 0 Å². The number of rotatable bonds is 1. The lowest BCUT2D eigenvalue weighted by Crippen LogP contribution is -2.22. The molecule has 0 heterocycles. The minimum atomic E-state index is -0.0974. The lowest BCUT2D eigenvalue weighted by Gasteiger charge is -2.26. The van der Waals surface area contributed by atoms with Crippen molar-refractivity contribution in [1.29, 1.82) is 0 Å². The summed E-state index contributed by atoms with van der Waals surface area (Å²) in [5.74, 6) is 0. The second-order valence-electron chi connectivity index (χ2n) is 6.55. The fourth-order valence-electron chi connectivity index (χ4n) is 1.64. The summed E-state index contributed by atoms with van der Waals surface area (Å²) in [6.45, 7) is 13.8. The first-order valence-electron chi connectivity index (χ1n) is 5.85. The van der Waals surface area contributed by atoms with Crippen LogP contribution >= 0.6 is 18.9 Å². The van der Waals surface area contributed by atoms with E-state index in [1.54, 1.807) is 3.69 Å². The minimum absolute atomic E-state index is 0.0974. The van der Waals surface area contributed by atoms with Crippen LogP contribution in [0.2, 0.25) is 0 Å². The highest BCUT2D eigenvalue weighted by atomic mass is 127. The summed E-state index contributed by atoms with van der Waals surface area (Å²) < 4.78 is 1.58. The van der Waals surface area contributed by atoms with Crippen LogP contribution in [0.4, 0.5) is 0 Å². The molecule has 0 fully saturated rings. The number of hydrogen-bond donors (Lipinski definition) is 0. The molecule has 1 aromatic carbocycles. The molecule has 0 saturated heterocycles. The second-order valence-corrected chi connectivity index (χ2v) is 9.92. The van der Waals surface area contributed by atoms with Gasteiger partial charge < -0.3 is 0 Å². The van der Waals surface area contributed by atoms with E-state index >= 15 is 0 Å². The van der Waals surface area contributed by atoms with Crippen LogP contribution in [0.3, 0.4) is 0 Å². The predicted molar refractivity (Wildman–Crippen MR) is 83.3 cm³/mol. The Bertz CT molecular complexity index is 337. The molecule has 0 aliphatic rings. The van der Waals surface area contributed by atoms with E-state index in [9.17, 15) is 0 Å². The maximum atomic E-state index is 2.58. The molecule has 0 aliphatic carbocycles. The maximum Gasteiger partial charge on any atom is 0.502 e. The molecule has 0 radical (unpaired) electrons. The lowest BCUT2D eigenvalue weighted by molar-refractivity contribution is 0.569. The Hall–Kier alpha value is 0.716. The molecule has 0 atom stereocenters. The monoisotopic (exact) mass is 340 g/mol. The number of hydrogen-bond acceptors (Lipinski definition) is 0. The van der Waals surface area contributed by atoms with Crippen molar-refractivity contribution in [2.75, 3.05) is 0 Å². The molecule has 2 heteroatoms. The Balaban J connectivity index is 3.33. The highest BCUT2D eigenvalue weighted by Gasteiger charge is 2.20. The van der Waals surface area contributed by atoms with E-state index in [4.69, 9.17) is 0 Å². The van der Waals surface area contributed by atoms with Crippen LogP contribution in [0.25, 0.3) is 0 Å². The van der Waals surface area contributed by atoms with Crippen molar-refractivity contribution in [2.45, 2.75) is 52.4 Å². The van der Waals surface area contributed by atoms with E-state index in [-0.39, 0.29) is 27.3 Å². The molecule has 0 saturated carbocycles. The first-order chi connectivity index (χ1) is 7.14. The fraction of sp³-hybridized carbons (Fsp3) is 0.571. The molecule has 1 aromatic rings. The van der Waals surface area contributed by atoms with Crippen LogP contribution in [0.5, 0.6) is 0 Å². The Labute approximate surface area is 120 Å². The summed E-state index contributed by atoms with van der Waals surface area (Å²) >= 11 is 2.48. The standard InChI is InChI=1S/C14H21.HI.Mg/c1-13(2,3)11-8-7-9-12(10-11)14(4,5)6;;/h8-10H,1-6H3;1H;/q;;+1/p-1. The molecule has 86 valence electrons. The Morgan fingerprint density at radius 2 is 1.19 bits per heavy atom. The Morgan fingerprint density at radius 1 is 0.812 bits per heavy atom. The van der Waals surface area contributed by atoms with Crippen molar-refractivity contribution in [3.8, 4) is 0 Å². The summed E-state index contributed by atoms with van der Waals surface area (Å²) in [5, 5.41) is 0. The van der Waals surface area contributed by atoms with Crippen LogP contribution < -0.4 is 3.69 Å². The van der Waals surface area contributed by atoms with Gasteiger partial charge >= 0.3 is 16.5 Å². The van der Waals surface area contributed by atoms with Gasteiger partial charge in [0.05, 0.1) is 0 Å². The van der Waals surface area contributed by atoms with E-state index in [2.05, 4.69) is 78.6 Å². The molecule has 0 spiro atoms. The highest BCUT2D eigenvalue weighted by molar-refractivity contribution is 14.1. The van der Waals surface area contributed by atoms with E-state index in [1.165, 1.54) is 11.1 Å². The van der Waals surface area contributed by atoms with Crippen LogP contribution in [0.1, 0.15) is 52.7 Å². The van der Waals surface area contributed by atoms with Crippen molar-refractivity contribution in [2.24, 2.45) is 0 Å². The first-order valence-corrected chi connectivity index (χ1v) is 11.7. The Kier molecular flexibility index (Phi) is 4.75. The largest absolute Gasteiger partial charge is 0.502 e. The molecule has 0 bridgehead atoms. The molecule has 0 aromatic heterocycles. The normalized spacial score (nSPS) is 12.4. The molecular weight excluding hydrogens is 319 g/mol. The van der Waals surface area contributed by atoms with Gasteiger partial charge in [-0.3, -0.25) is 18.9 Å². The van der Waals surface area contributed by atoms with Crippen LogP contribution in [0, 0.1) is 0 Å². The van der Waals surface area contributed by atoms with Gasteiger partial charge in [0, 0.05) is 0 Å². The zero-order valence-electron chi connectivity index (χ0n) is 11.3. The van der Waals surface area contributed by atoms with Gasteiger partial charge in [-0.1, -0.05) is 59.7 Å². The molecule has 0 unspecified atom stereocenters. The SMILES string of the molecule is CC(C)(C)c1c[c]([Mg][I])cc(C(C)(C)C)c1. The molecule has 0 amide bonds. The third kappa shape index (κ3) is 3.88. The van der Waals surface area contributed by atoms with Gasteiger partial charge in [-0.25, -0.2) is 0 Å². The summed E-state index contributed by atoms with van der Waals surface area (Å²) in [7, 11) is 0. The van der Waals surface area contributed by atoms with Gasteiger partial charge in [0.15, 0.2) is 0 Å². The summed E-state index contributed by atoms with van der Waals surface area (Å²) in [6, 6.07) is 7.21. The molecule has 16 heavy (non-hydrogen) atoms. The van der Waals surface area contributed by atoms with Crippen LogP contribution in [-0.2, 0) is 10.8 Å². The third-order valence-electron chi connectivity index (χ3n) is 2.88. The quantitative estimate of drug-likeness (QED) is 0.536. The number of halogens is 1. The summed E-state index contributed by atoms with van der Waals surface area (Å²) in [4.78, 5) is 0. The zero-order chi connectivity index (χ0) is 12.6. The maximum absolute atomic E-state index is 2.58. The van der Waals surface area contributed by atoms with Crippen molar-refractivity contribution in [1.82, 2.24) is 0 Å². The zero-order valence-corrected chi connectivity index (χ0v) is 14.9. The van der Waals surface area contributed by atoms with Gasteiger partial charge in [-0.15, -0.1) is 0 Å². The van der Waals surface area contributed by atoms with E-state index in [1.807, 2.05) is 0 Å². The van der Waals surface area contributed by atoms with Gasteiger partial charge in [-0.05, 0) is 22.0 Å². The lowest BCUT2D eigenvalue weighted by atomic mass is 9.81. The molecular formula is C14H21IMg. The molecule has 0 N–H and O–H groups in total. The van der Waals surface area contributed by atoms with Gasteiger partial charge in [0.1, 0.15) is 0 Å². The van der Waals surface area contributed by atoms with Gasteiger partial charge in [-0.2, -0.15) is 3.69 Å². The fourth-order valence-corrected chi connectivity index (χ4v) is 3.55. The average molecular weight is 341 g/mol. The van der Waals surface area contributed by atoms with Gasteiger partial charge in [0.2, 0.25) is 0 Å². The molecule has 1 rings (SSSR count). The third-order valence-corrected chi connectivity index (χ3v) is 6.24. The smallest absolute Gasteiger partial charge is 0.291 e. The molecule has 0 aliphatic heterocycles. The van der Waals surface area contributed by atoms with E-state index in [0.29, 0.717) is 0 Å². The topological polar surface area (TPSA) is 0 Å². The van der Waals surface area contributed by atoms with Gasteiger partial charge in [0.25, 0.3) is 0 Å². The summed E-state index contributed by atoms with van der Waals surface area (Å²) in [5.41, 5.74) is 3.49. The second kappa shape index (κ2) is 5.15. The summed E-state index contributed by atoms with van der Waals surface area (Å²) in [6.07, 6.45) is 0. The van der Waals surface area contributed by atoms with E-state index < -0.39 is 0 Å². The van der Waals surface area contributed by atoms with Crippen molar-refractivity contribution >= 4 is 39.0 Å². The first kappa shape index (κ1) is 14.8. The minimum Gasteiger partial charge on any atom is -0.291 e. The van der Waals surface area contributed by atoms with Crippen molar-refractivity contribution in [3.63, 3.8) is 0 Å². The van der Waals surface area contributed by atoms with Crippen molar-refractivity contribution in [3.05, 3.63) is 29.3 Å². The highest BCUT2D eigenvalue weighted by Crippen LogP contribution is 2.27. The predicted octanol–water partition coefficient (Wildman–Crippen LogP) is 3.96.